The number of benzene rings is 3. The molecule has 2 N–H and O–H groups in total. The van der Waals surface area contributed by atoms with Gasteiger partial charge in [0, 0.05) is 18.7 Å². The number of carbonyl (C=O) groups is 2. The molecule has 4 aromatic rings. The topological polar surface area (TPSA) is 113 Å². The fourth-order valence-corrected chi connectivity index (χ4v) is 4.04. The molecule has 0 fully saturated rings. The van der Waals surface area contributed by atoms with Crippen molar-refractivity contribution in [2.24, 2.45) is 0 Å². The van der Waals surface area contributed by atoms with Crippen molar-refractivity contribution in [1.82, 2.24) is 15.6 Å². The van der Waals surface area contributed by atoms with E-state index in [2.05, 4.69) is 15.6 Å². The van der Waals surface area contributed by atoms with Crippen LogP contribution in [0.15, 0.2) is 72.2 Å². The van der Waals surface area contributed by atoms with Crippen molar-refractivity contribution in [1.29, 1.82) is 5.26 Å². The summed E-state index contributed by atoms with van der Waals surface area (Å²) in [5, 5.41) is 14.4. The number of methoxy groups -OCH3 is 1. The molecule has 3 aromatic carbocycles. The maximum atomic E-state index is 14.7. The van der Waals surface area contributed by atoms with Gasteiger partial charge in [-0.1, -0.05) is 30.3 Å². The van der Waals surface area contributed by atoms with Gasteiger partial charge in [0.25, 0.3) is 11.8 Å². The molecule has 0 spiro atoms. The SMILES string of the molecule is COc1ccccc1C(=O)NCc1ccc(CNC(=O)c2scnc2Oc2cccc(C#N)c2)c(F)c1. The fourth-order valence-electron chi connectivity index (χ4n) is 3.41. The number of hydrogen-bond acceptors (Lipinski definition) is 7. The van der Waals surface area contributed by atoms with Gasteiger partial charge in [0.05, 0.1) is 29.8 Å². The summed E-state index contributed by atoms with van der Waals surface area (Å²) in [4.78, 5) is 29.5. The van der Waals surface area contributed by atoms with E-state index in [1.807, 2.05) is 6.07 Å². The van der Waals surface area contributed by atoms with E-state index < -0.39 is 11.7 Å². The number of carbonyl (C=O) groups excluding carboxylic acids is 2. The molecule has 0 aliphatic heterocycles. The van der Waals surface area contributed by atoms with Crippen LogP contribution < -0.4 is 20.1 Å². The van der Waals surface area contributed by atoms with Crippen LogP contribution in [0.5, 0.6) is 17.4 Å². The molecule has 0 saturated carbocycles. The zero-order valence-corrected chi connectivity index (χ0v) is 20.5. The minimum atomic E-state index is -0.515. The van der Waals surface area contributed by atoms with Crippen LogP contribution in [-0.4, -0.2) is 23.9 Å². The first-order valence-corrected chi connectivity index (χ1v) is 11.9. The summed E-state index contributed by atoms with van der Waals surface area (Å²) in [6.07, 6.45) is 0. The van der Waals surface area contributed by atoms with E-state index in [0.717, 1.165) is 11.3 Å². The summed E-state index contributed by atoms with van der Waals surface area (Å²) in [5.74, 6) is -0.406. The van der Waals surface area contributed by atoms with Gasteiger partial charge < -0.3 is 20.1 Å². The summed E-state index contributed by atoms with van der Waals surface area (Å²) >= 11 is 1.08. The molecule has 0 saturated heterocycles. The van der Waals surface area contributed by atoms with Crippen molar-refractivity contribution in [3.05, 3.63) is 105 Å². The molecule has 0 aliphatic carbocycles. The van der Waals surface area contributed by atoms with Crippen LogP contribution in [0.4, 0.5) is 4.39 Å². The average Bonchev–Trinajstić information content (AvgIpc) is 3.39. The van der Waals surface area contributed by atoms with Crippen molar-refractivity contribution in [3.8, 4) is 23.4 Å². The number of rotatable bonds is 9. The first-order valence-electron chi connectivity index (χ1n) is 11.1. The second-order valence-electron chi connectivity index (χ2n) is 7.72. The number of ether oxygens (including phenoxy) is 2. The van der Waals surface area contributed by atoms with Gasteiger partial charge in [-0.25, -0.2) is 9.37 Å². The van der Waals surface area contributed by atoms with E-state index >= 15 is 0 Å². The number of hydrogen-bond donors (Lipinski definition) is 2. The molecule has 0 unspecified atom stereocenters. The van der Waals surface area contributed by atoms with Crippen LogP contribution in [0.2, 0.25) is 0 Å². The minimum absolute atomic E-state index is 0.0558. The molecule has 0 bridgehead atoms. The highest BCUT2D eigenvalue weighted by Gasteiger charge is 2.18. The van der Waals surface area contributed by atoms with E-state index in [1.165, 1.54) is 24.8 Å². The Morgan fingerprint density at radius 2 is 1.84 bits per heavy atom. The standard InChI is InChI=1S/C27H21FN4O4S/c1-35-23-8-3-2-7-21(23)25(33)30-14-18-9-10-19(22(28)12-18)15-31-26(34)24-27(32-16-37-24)36-20-6-4-5-17(11-20)13-29/h2-12,16H,14-15H2,1H3,(H,30,33)(H,31,34). The smallest absolute Gasteiger partial charge is 0.267 e. The summed E-state index contributed by atoms with van der Waals surface area (Å²) in [6, 6.07) is 19.9. The van der Waals surface area contributed by atoms with Crippen LogP contribution in [0.25, 0.3) is 0 Å². The number of thiazole rings is 1. The average molecular weight is 517 g/mol. The van der Waals surface area contributed by atoms with Crippen molar-refractivity contribution in [2.75, 3.05) is 7.11 Å². The van der Waals surface area contributed by atoms with Crippen LogP contribution >= 0.6 is 11.3 Å². The van der Waals surface area contributed by atoms with Crippen LogP contribution in [0, 0.1) is 17.1 Å². The third kappa shape index (κ3) is 6.28. The molecular formula is C27H21FN4O4S. The number of halogens is 1. The van der Waals surface area contributed by atoms with Gasteiger partial charge in [0.1, 0.15) is 17.3 Å². The first-order chi connectivity index (χ1) is 18.0. The number of nitrogens with one attached hydrogen (secondary N) is 2. The lowest BCUT2D eigenvalue weighted by atomic mass is 10.1. The maximum Gasteiger partial charge on any atom is 0.267 e. The highest BCUT2D eigenvalue weighted by atomic mass is 32.1. The number of amides is 2. The fraction of sp³-hybridized carbons (Fsp3) is 0.111. The highest BCUT2D eigenvalue weighted by Crippen LogP contribution is 2.27. The van der Waals surface area contributed by atoms with Gasteiger partial charge in [0.2, 0.25) is 5.88 Å². The Morgan fingerprint density at radius 3 is 2.62 bits per heavy atom. The van der Waals surface area contributed by atoms with E-state index in [9.17, 15) is 14.0 Å². The quantitative estimate of drug-likeness (QED) is 0.330. The summed E-state index contributed by atoms with van der Waals surface area (Å²) in [7, 11) is 1.48. The van der Waals surface area contributed by atoms with Gasteiger partial charge in [-0.2, -0.15) is 5.26 Å². The molecule has 1 heterocycles. The Kier molecular flexibility index (Phi) is 8.08. The van der Waals surface area contributed by atoms with Crippen LogP contribution in [0.1, 0.15) is 36.7 Å². The summed E-state index contributed by atoms with van der Waals surface area (Å²) in [6.45, 7) is 0.0643. The van der Waals surface area contributed by atoms with Gasteiger partial charge in [-0.3, -0.25) is 9.59 Å². The Morgan fingerprint density at radius 1 is 1.03 bits per heavy atom. The molecule has 1 aromatic heterocycles. The predicted molar refractivity (Wildman–Crippen MR) is 135 cm³/mol. The molecule has 186 valence electrons. The summed E-state index contributed by atoms with van der Waals surface area (Å²) in [5.41, 5.74) is 3.11. The Balaban J connectivity index is 1.35. The van der Waals surface area contributed by atoms with E-state index in [4.69, 9.17) is 14.7 Å². The molecule has 10 heteroatoms. The minimum Gasteiger partial charge on any atom is -0.496 e. The molecule has 0 atom stereocenters. The number of aromatic nitrogens is 1. The second kappa shape index (κ2) is 11.8. The molecule has 4 rings (SSSR count). The van der Waals surface area contributed by atoms with Crippen molar-refractivity contribution < 1.29 is 23.5 Å². The second-order valence-corrected chi connectivity index (χ2v) is 8.57. The van der Waals surface area contributed by atoms with Crippen molar-refractivity contribution in [3.63, 3.8) is 0 Å². The van der Waals surface area contributed by atoms with Crippen molar-refractivity contribution in [2.45, 2.75) is 13.1 Å². The summed E-state index contributed by atoms with van der Waals surface area (Å²) < 4.78 is 25.6. The molecule has 0 aliphatic rings. The van der Waals surface area contributed by atoms with Gasteiger partial charge >= 0.3 is 0 Å². The molecule has 0 radical (unpaired) electrons. The van der Waals surface area contributed by atoms with Crippen LogP contribution in [-0.2, 0) is 13.1 Å². The zero-order chi connectivity index (χ0) is 26.2. The van der Waals surface area contributed by atoms with E-state index in [0.29, 0.717) is 28.2 Å². The van der Waals surface area contributed by atoms with Gasteiger partial charge in [0.15, 0.2) is 4.88 Å². The highest BCUT2D eigenvalue weighted by molar-refractivity contribution is 7.12. The number of nitrogens with zero attached hydrogens (tertiary/aromatic N) is 2. The Labute approximate surface area is 216 Å². The normalized spacial score (nSPS) is 10.3. The molecular weight excluding hydrogens is 495 g/mol. The first kappa shape index (κ1) is 25.3. The van der Waals surface area contributed by atoms with E-state index in [1.54, 1.807) is 54.6 Å². The lowest BCUT2D eigenvalue weighted by Gasteiger charge is -2.11. The Hall–Kier alpha value is -4.75. The van der Waals surface area contributed by atoms with Crippen molar-refractivity contribution >= 4 is 23.2 Å². The largest absolute Gasteiger partial charge is 0.496 e. The molecule has 2 amide bonds. The third-order valence-corrected chi connectivity index (χ3v) is 6.09. The molecule has 8 nitrogen and oxygen atoms in total. The number of para-hydroxylation sites is 1. The lowest BCUT2D eigenvalue weighted by Crippen LogP contribution is -2.24. The molecule has 37 heavy (non-hydrogen) atoms. The van der Waals surface area contributed by atoms with Gasteiger partial charge in [-0.15, -0.1) is 11.3 Å². The maximum absolute atomic E-state index is 14.7. The third-order valence-electron chi connectivity index (χ3n) is 5.28. The Bertz CT molecular complexity index is 1480. The zero-order valence-electron chi connectivity index (χ0n) is 19.7. The van der Waals surface area contributed by atoms with Gasteiger partial charge in [-0.05, 0) is 42.0 Å². The number of nitriles is 1. The predicted octanol–water partition coefficient (Wildman–Crippen LogP) is 4.81. The van der Waals surface area contributed by atoms with E-state index in [-0.39, 0.29) is 35.3 Å². The lowest BCUT2D eigenvalue weighted by molar-refractivity contribution is 0.0941. The van der Waals surface area contributed by atoms with Crippen LogP contribution in [0.3, 0.4) is 0 Å². The monoisotopic (exact) mass is 516 g/mol.